The van der Waals surface area contributed by atoms with E-state index in [0.29, 0.717) is 12.0 Å². The topological polar surface area (TPSA) is 63.6 Å². The summed E-state index contributed by atoms with van der Waals surface area (Å²) in [5.41, 5.74) is 2.06. The second-order valence-corrected chi connectivity index (χ2v) is 6.27. The van der Waals surface area contributed by atoms with Gasteiger partial charge in [-0.3, -0.25) is 0 Å². The minimum atomic E-state index is -1.05. The number of carbonyl (C=O) groups is 2. The Morgan fingerprint density at radius 2 is 2.21 bits per heavy atom. The molecule has 1 N–H and O–H groups in total. The Morgan fingerprint density at radius 1 is 1.53 bits per heavy atom. The van der Waals surface area contributed by atoms with Gasteiger partial charge in [0.1, 0.15) is 6.61 Å². The van der Waals surface area contributed by atoms with E-state index in [1.165, 1.54) is 5.57 Å². The van der Waals surface area contributed by atoms with Gasteiger partial charge in [0.25, 0.3) is 0 Å². The van der Waals surface area contributed by atoms with E-state index in [1.807, 2.05) is 6.92 Å². The Morgan fingerprint density at radius 3 is 2.74 bits per heavy atom. The van der Waals surface area contributed by atoms with Crippen molar-refractivity contribution in [2.45, 2.75) is 40.0 Å². The molecule has 0 amide bonds. The third kappa shape index (κ3) is 2.88. The fraction of sp³-hybridized carbons (Fsp3) is 0.600. The van der Waals surface area contributed by atoms with Crippen molar-refractivity contribution in [1.29, 1.82) is 0 Å². The zero-order valence-electron chi connectivity index (χ0n) is 11.7. The lowest BCUT2D eigenvalue weighted by Gasteiger charge is -2.20. The van der Waals surface area contributed by atoms with Gasteiger partial charge in [-0.2, -0.15) is 0 Å². The first-order chi connectivity index (χ1) is 8.80. The Kier molecular flexibility index (Phi) is 3.52. The molecule has 0 aromatic heterocycles. The summed E-state index contributed by atoms with van der Waals surface area (Å²) in [5, 5.41) is 9.06. The summed E-state index contributed by atoms with van der Waals surface area (Å²) in [4.78, 5) is 22.7. The van der Waals surface area contributed by atoms with Gasteiger partial charge in [-0.05, 0) is 30.6 Å². The molecule has 0 bridgehead atoms. The molecule has 0 spiro atoms. The molecule has 0 aromatic rings. The summed E-state index contributed by atoms with van der Waals surface area (Å²) in [5.74, 6) is -1.33. The molecule has 2 rings (SSSR count). The van der Waals surface area contributed by atoms with Gasteiger partial charge < -0.3 is 9.84 Å². The maximum atomic E-state index is 11.6. The third-order valence-electron chi connectivity index (χ3n) is 3.96. The maximum Gasteiger partial charge on any atom is 0.335 e. The number of carbonyl (C=O) groups excluding carboxylic acids is 1. The highest BCUT2D eigenvalue weighted by Gasteiger charge is 2.33. The van der Waals surface area contributed by atoms with Gasteiger partial charge in [-0.15, -0.1) is 0 Å². The van der Waals surface area contributed by atoms with Gasteiger partial charge in [0, 0.05) is 0 Å². The van der Waals surface area contributed by atoms with E-state index in [1.54, 1.807) is 0 Å². The van der Waals surface area contributed by atoms with E-state index in [-0.39, 0.29) is 23.5 Å². The van der Waals surface area contributed by atoms with Crippen molar-refractivity contribution in [2.24, 2.45) is 11.3 Å². The van der Waals surface area contributed by atoms with Crippen molar-refractivity contribution in [3.8, 4) is 0 Å². The Hall–Kier alpha value is -1.58. The molecule has 0 saturated heterocycles. The van der Waals surface area contributed by atoms with Crippen LogP contribution in [-0.2, 0) is 14.3 Å². The van der Waals surface area contributed by atoms with Gasteiger partial charge in [0.2, 0.25) is 0 Å². The summed E-state index contributed by atoms with van der Waals surface area (Å²) in [7, 11) is 0. The van der Waals surface area contributed by atoms with E-state index in [2.05, 4.69) is 19.9 Å². The first kappa shape index (κ1) is 13.8. The molecule has 4 heteroatoms. The van der Waals surface area contributed by atoms with Crippen LogP contribution in [0.2, 0.25) is 0 Å². The number of carboxylic acid groups (broad SMARTS) is 1. The lowest BCUT2D eigenvalue weighted by Crippen LogP contribution is -2.11. The van der Waals surface area contributed by atoms with Crippen LogP contribution in [0.15, 0.2) is 22.8 Å². The smallest absolute Gasteiger partial charge is 0.335 e. The SMILES string of the molecule is CC(CC1=C(C(=O)O)COC1=O)C1=CCC(C)(C)C1. The van der Waals surface area contributed by atoms with Crippen LogP contribution in [0.4, 0.5) is 0 Å². The Balaban J connectivity index is 2.11. The molecule has 104 valence electrons. The number of hydrogen-bond donors (Lipinski definition) is 1. The predicted octanol–water partition coefficient (Wildman–Crippen LogP) is 2.70. The lowest BCUT2D eigenvalue weighted by atomic mass is 9.85. The first-order valence-electron chi connectivity index (χ1n) is 6.61. The largest absolute Gasteiger partial charge is 0.478 e. The fourth-order valence-corrected chi connectivity index (χ4v) is 2.75. The second-order valence-electron chi connectivity index (χ2n) is 6.27. The summed E-state index contributed by atoms with van der Waals surface area (Å²) in [6.07, 6.45) is 4.75. The average Bonchev–Trinajstić information content (AvgIpc) is 2.83. The van der Waals surface area contributed by atoms with Gasteiger partial charge in [-0.25, -0.2) is 9.59 Å². The van der Waals surface area contributed by atoms with E-state index < -0.39 is 11.9 Å². The highest BCUT2D eigenvalue weighted by atomic mass is 16.5. The Bertz CT molecular complexity index is 482. The number of allylic oxidation sites excluding steroid dienone is 2. The van der Waals surface area contributed by atoms with Crippen molar-refractivity contribution in [3.05, 3.63) is 22.8 Å². The van der Waals surface area contributed by atoms with Crippen LogP contribution in [0.1, 0.15) is 40.0 Å². The summed E-state index contributed by atoms with van der Waals surface area (Å²) < 4.78 is 4.83. The minimum absolute atomic E-state index is 0.0965. The molecule has 1 atom stereocenters. The summed E-state index contributed by atoms with van der Waals surface area (Å²) >= 11 is 0. The zero-order valence-corrected chi connectivity index (χ0v) is 11.7. The van der Waals surface area contributed by atoms with Crippen LogP contribution in [0.5, 0.6) is 0 Å². The van der Waals surface area contributed by atoms with Crippen LogP contribution < -0.4 is 0 Å². The molecule has 0 radical (unpaired) electrons. The molecule has 0 aromatic carbocycles. The summed E-state index contributed by atoms with van der Waals surface area (Å²) in [6.45, 7) is 6.38. The van der Waals surface area contributed by atoms with Crippen molar-refractivity contribution >= 4 is 11.9 Å². The molecular weight excluding hydrogens is 244 g/mol. The molecular formula is C15H20O4. The molecule has 0 saturated carbocycles. The van der Waals surface area contributed by atoms with E-state index in [9.17, 15) is 9.59 Å². The standard InChI is InChI=1S/C15H20O4/c1-9(10-4-5-15(2,3)7-10)6-11-12(13(16)17)8-19-14(11)18/h4,9H,5-8H2,1-3H3,(H,16,17). The molecule has 0 fully saturated rings. The fourth-order valence-electron chi connectivity index (χ4n) is 2.75. The highest BCUT2D eigenvalue weighted by molar-refractivity contribution is 6.02. The average molecular weight is 264 g/mol. The maximum absolute atomic E-state index is 11.6. The molecule has 19 heavy (non-hydrogen) atoms. The van der Waals surface area contributed by atoms with Crippen molar-refractivity contribution in [1.82, 2.24) is 0 Å². The normalized spacial score (nSPS) is 23.3. The molecule has 1 aliphatic carbocycles. The van der Waals surface area contributed by atoms with Crippen LogP contribution in [-0.4, -0.2) is 23.7 Å². The van der Waals surface area contributed by atoms with E-state index >= 15 is 0 Å². The first-order valence-corrected chi connectivity index (χ1v) is 6.61. The predicted molar refractivity (Wildman–Crippen MR) is 70.5 cm³/mol. The van der Waals surface area contributed by atoms with Gasteiger partial charge in [0.15, 0.2) is 0 Å². The number of esters is 1. The number of ether oxygens (including phenoxy) is 1. The lowest BCUT2D eigenvalue weighted by molar-refractivity contribution is -0.136. The van der Waals surface area contributed by atoms with Gasteiger partial charge >= 0.3 is 11.9 Å². The summed E-state index contributed by atoms with van der Waals surface area (Å²) in [6, 6.07) is 0. The number of cyclic esters (lactones) is 1. The van der Waals surface area contributed by atoms with Crippen LogP contribution in [0.25, 0.3) is 0 Å². The third-order valence-corrected chi connectivity index (χ3v) is 3.96. The molecule has 1 heterocycles. The van der Waals surface area contributed by atoms with Crippen LogP contribution >= 0.6 is 0 Å². The number of rotatable bonds is 4. The van der Waals surface area contributed by atoms with Crippen molar-refractivity contribution in [2.75, 3.05) is 6.61 Å². The number of aliphatic carboxylic acids is 1. The molecule has 2 aliphatic rings. The Labute approximate surface area is 113 Å². The van der Waals surface area contributed by atoms with E-state index in [4.69, 9.17) is 9.84 Å². The molecule has 1 aliphatic heterocycles. The van der Waals surface area contributed by atoms with Gasteiger partial charge in [-0.1, -0.05) is 32.4 Å². The van der Waals surface area contributed by atoms with Gasteiger partial charge in [0.05, 0.1) is 11.1 Å². The van der Waals surface area contributed by atoms with Crippen LogP contribution in [0.3, 0.4) is 0 Å². The van der Waals surface area contributed by atoms with E-state index in [0.717, 1.165) is 12.8 Å². The number of carboxylic acids is 1. The van der Waals surface area contributed by atoms with Crippen molar-refractivity contribution in [3.63, 3.8) is 0 Å². The molecule has 4 nitrogen and oxygen atoms in total. The number of hydrogen-bond acceptors (Lipinski definition) is 3. The second kappa shape index (κ2) is 4.83. The van der Waals surface area contributed by atoms with Crippen LogP contribution in [0, 0.1) is 11.3 Å². The zero-order chi connectivity index (χ0) is 14.2. The minimum Gasteiger partial charge on any atom is -0.478 e. The monoisotopic (exact) mass is 264 g/mol. The highest BCUT2D eigenvalue weighted by Crippen LogP contribution is 2.41. The molecule has 1 unspecified atom stereocenters. The quantitative estimate of drug-likeness (QED) is 0.626. The van der Waals surface area contributed by atoms with Crippen molar-refractivity contribution < 1.29 is 19.4 Å².